The van der Waals surface area contributed by atoms with Crippen molar-refractivity contribution in [2.75, 3.05) is 6.54 Å². The van der Waals surface area contributed by atoms with E-state index in [0.29, 0.717) is 23.0 Å². The van der Waals surface area contributed by atoms with Crippen molar-refractivity contribution >= 4 is 21.6 Å². The molecule has 112 valence electrons. The zero-order valence-corrected chi connectivity index (χ0v) is 13.4. The molecule has 20 heavy (non-hydrogen) atoms. The van der Waals surface area contributed by atoms with Gasteiger partial charge in [0.1, 0.15) is 0 Å². The molecule has 1 aliphatic rings. The maximum Gasteiger partial charge on any atom is 0.243 e. The monoisotopic (exact) mass is 316 g/mol. The van der Waals surface area contributed by atoms with Crippen molar-refractivity contribution in [1.29, 1.82) is 0 Å². The molecule has 1 aromatic carbocycles. The van der Waals surface area contributed by atoms with E-state index in [9.17, 15) is 8.42 Å². The number of benzene rings is 1. The third-order valence-electron chi connectivity index (χ3n) is 3.34. The quantitative estimate of drug-likeness (QED) is 0.877. The van der Waals surface area contributed by atoms with Crippen LogP contribution in [0.1, 0.15) is 32.3 Å². The van der Waals surface area contributed by atoms with Gasteiger partial charge in [0.15, 0.2) is 0 Å². The lowest BCUT2D eigenvalue weighted by Crippen LogP contribution is -2.36. The molecule has 1 saturated carbocycles. The van der Waals surface area contributed by atoms with Gasteiger partial charge in [0, 0.05) is 24.2 Å². The summed E-state index contributed by atoms with van der Waals surface area (Å²) in [7, 11) is -3.46. The number of halogens is 1. The van der Waals surface area contributed by atoms with Gasteiger partial charge < -0.3 is 5.73 Å². The van der Waals surface area contributed by atoms with E-state index in [-0.39, 0.29) is 17.5 Å². The molecule has 0 atom stereocenters. The van der Waals surface area contributed by atoms with Gasteiger partial charge in [0.25, 0.3) is 0 Å². The number of nitrogens with two attached hydrogens (primary N) is 1. The first kappa shape index (κ1) is 15.8. The normalized spacial score (nSPS) is 16.1. The Hall–Kier alpha value is -0.620. The molecule has 0 saturated heterocycles. The number of hydrogen-bond acceptors (Lipinski definition) is 3. The third-order valence-corrected chi connectivity index (χ3v) is 5.63. The molecule has 0 unspecified atom stereocenters. The number of nitrogens with zero attached hydrogens (tertiary/aromatic N) is 1. The van der Waals surface area contributed by atoms with Crippen LogP contribution in [0.15, 0.2) is 23.1 Å². The van der Waals surface area contributed by atoms with Crippen molar-refractivity contribution in [2.45, 2.75) is 44.2 Å². The van der Waals surface area contributed by atoms with Gasteiger partial charge in [-0.2, -0.15) is 4.31 Å². The fourth-order valence-corrected chi connectivity index (χ4v) is 4.26. The molecule has 0 aliphatic heterocycles. The van der Waals surface area contributed by atoms with Crippen molar-refractivity contribution in [2.24, 2.45) is 11.7 Å². The van der Waals surface area contributed by atoms with Crippen molar-refractivity contribution in [3.8, 4) is 0 Å². The summed E-state index contributed by atoms with van der Waals surface area (Å²) in [4.78, 5) is 0.287. The lowest BCUT2D eigenvalue weighted by Gasteiger charge is -2.24. The van der Waals surface area contributed by atoms with Gasteiger partial charge in [-0.25, -0.2) is 8.42 Å². The average Bonchev–Trinajstić information content (AvgIpc) is 3.20. The highest BCUT2D eigenvalue weighted by Gasteiger charge is 2.38. The minimum Gasteiger partial charge on any atom is -0.326 e. The second-order valence-electron chi connectivity index (χ2n) is 5.66. The maximum absolute atomic E-state index is 12.8. The Bertz CT molecular complexity index is 583. The summed E-state index contributed by atoms with van der Waals surface area (Å²) in [5.74, 6) is 0.298. The Balaban J connectivity index is 2.37. The van der Waals surface area contributed by atoms with Crippen LogP contribution in [0.5, 0.6) is 0 Å². The lowest BCUT2D eigenvalue weighted by molar-refractivity contribution is 0.360. The van der Waals surface area contributed by atoms with Gasteiger partial charge >= 0.3 is 0 Å². The van der Waals surface area contributed by atoms with Gasteiger partial charge in [-0.15, -0.1) is 0 Å². The zero-order valence-electron chi connectivity index (χ0n) is 11.8. The fourth-order valence-electron chi connectivity index (χ4n) is 2.17. The number of sulfonamides is 1. The van der Waals surface area contributed by atoms with E-state index in [2.05, 4.69) is 0 Å². The molecule has 4 nitrogen and oxygen atoms in total. The fraction of sp³-hybridized carbons (Fsp3) is 0.571. The summed E-state index contributed by atoms with van der Waals surface area (Å²) in [5, 5.41) is 0.508. The van der Waals surface area contributed by atoms with Crippen LogP contribution in [0.2, 0.25) is 5.02 Å². The summed E-state index contributed by atoms with van der Waals surface area (Å²) in [5.41, 5.74) is 6.26. The summed E-state index contributed by atoms with van der Waals surface area (Å²) in [6.07, 6.45) is 1.90. The van der Waals surface area contributed by atoms with E-state index < -0.39 is 10.0 Å². The Labute approximate surface area is 126 Å². The van der Waals surface area contributed by atoms with Crippen molar-refractivity contribution in [3.05, 3.63) is 28.8 Å². The van der Waals surface area contributed by atoms with E-state index in [1.807, 2.05) is 13.8 Å². The zero-order chi connectivity index (χ0) is 14.9. The molecule has 1 aliphatic carbocycles. The lowest BCUT2D eigenvalue weighted by atomic mass is 10.2. The highest BCUT2D eigenvalue weighted by molar-refractivity contribution is 7.89. The maximum atomic E-state index is 12.8. The second-order valence-corrected chi connectivity index (χ2v) is 7.95. The minimum atomic E-state index is -3.46. The molecule has 6 heteroatoms. The summed E-state index contributed by atoms with van der Waals surface area (Å²) in [6, 6.07) is 4.91. The molecule has 1 aromatic rings. The first-order valence-electron chi connectivity index (χ1n) is 6.86. The molecule has 0 heterocycles. The molecule has 0 spiro atoms. The van der Waals surface area contributed by atoms with Crippen LogP contribution in [0, 0.1) is 5.92 Å². The summed E-state index contributed by atoms with van der Waals surface area (Å²) >= 11 is 6.00. The van der Waals surface area contributed by atoms with E-state index in [0.717, 1.165) is 12.8 Å². The van der Waals surface area contributed by atoms with Gasteiger partial charge in [-0.3, -0.25) is 0 Å². The van der Waals surface area contributed by atoms with Crippen LogP contribution in [0.4, 0.5) is 0 Å². The van der Waals surface area contributed by atoms with Crippen molar-refractivity contribution < 1.29 is 8.42 Å². The second kappa shape index (κ2) is 6.02. The predicted octanol–water partition coefficient (Wildman–Crippen LogP) is 2.61. The van der Waals surface area contributed by atoms with Crippen molar-refractivity contribution in [3.63, 3.8) is 0 Å². The largest absolute Gasteiger partial charge is 0.326 e. The van der Waals surface area contributed by atoms with Gasteiger partial charge in [-0.1, -0.05) is 25.4 Å². The Morgan fingerprint density at radius 3 is 2.55 bits per heavy atom. The Morgan fingerprint density at radius 1 is 1.40 bits per heavy atom. The number of hydrogen-bond donors (Lipinski definition) is 1. The first-order valence-corrected chi connectivity index (χ1v) is 8.68. The molecule has 0 bridgehead atoms. The highest BCUT2D eigenvalue weighted by atomic mass is 35.5. The molecule has 0 amide bonds. The Morgan fingerprint density at radius 2 is 2.05 bits per heavy atom. The van der Waals surface area contributed by atoms with Gasteiger partial charge in [-0.05, 0) is 42.5 Å². The topological polar surface area (TPSA) is 63.4 Å². The minimum absolute atomic E-state index is 0.152. The van der Waals surface area contributed by atoms with Crippen LogP contribution in [0.25, 0.3) is 0 Å². The standard InChI is InChI=1S/C14H21ClN2O2S/c1-10(2)9-17(12-3-4-12)20(18,19)13-5-6-14(15)11(7-13)8-16/h5-7,10,12H,3-4,8-9,16H2,1-2H3. The van der Waals surface area contributed by atoms with E-state index in [4.69, 9.17) is 17.3 Å². The molecule has 2 rings (SSSR count). The van der Waals surface area contributed by atoms with Gasteiger partial charge in [0.2, 0.25) is 10.0 Å². The van der Waals surface area contributed by atoms with Gasteiger partial charge in [0.05, 0.1) is 4.90 Å². The molecule has 0 radical (unpaired) electrons. The molecular weight excluding hydrogens is 296 g/mol. The predicted molar refractivity (Wildman–Crippen MR) is 81.1 cm³/mol. The number of rotatable bonds is 6. The first-order chi connectivity index (χ1) is 9.36. The molecular formula is C14H21ClN2O2S. The molecule has 1 fully saturated rings. The Kier molecular flexibility index (Phi) is 4.74. The van der Waals surface area contributed by atoms with Crippen molar-refractivity contribution in [1.82, 2.24) is 4.31 Å². The van der Waals surface area contributed by atoms with E-state index in [1.54, 1.807) is 22.5 Å². The van der Waals surface area contributed by atoms with E-state index in [1.165, 1.54) is 0 Å². The van der Waals surface area contributed by atoms with Crippen LogP contribution in [0.3, 0.4) is 0 Å². The van der Waals surface area contributed by atoms with Crippen LogP contribution in [-0.2, 0) is 16.6 Å². The average molecular weight is 317 g/mol. The van der Waals surface area contributed by atoms with E-state index >= 15 is 0 Å². The smallest absolute Gasteiger partial charge is 0.243 e. The SMILES string of the molecule is CC(C)CN(C1CC1)S(=O)(=O)c1ccc(Cl)c(CN)c1. The van der Waals surface area contributed by atoms with Crippen LogP contribution in [-0.4, -0.2) is 25.3 Å². The summed E-state index contributed by atoms with van der Waals surface area (Å²) in [6.45, 7) is 4.83. The van der Waals surface area contributed by atoms with Crippen LogP contribution < -0.4 is 5.73 Å². The third kappa shape index (κ3) is 3.34. The molecule has 2 N–H and O–H groups in total. The summed E-state index contributed by atoms with van der Waals surface area (Å²) < 4.78 is 27.2. The molecule has 0 aromatic heterocycles. The van der Waals surface area contributed by atoms with Crippen LogP contribution >= 0.6 is 11.6 Å². The highest BCUT2D eigenvalue weighted by Crippen LogP contribution is 2.33.